The van der Waals surface area contributed by atoms with E-state index in [1.807, 2.05) is 42.5 Å². The molecule has 2 nitrogen and oxygen atoms in total. The molecule has 0 bridgehead atoms. The zero-order valence-electron chi connectivity index (χ0n) is 13.4. The van der Waals surface area contributed by atoms with Gasteiger partial charge in [-0.05, 0) is 35.4 Å². The van der Waals surface area contributed by atoms with Gasteiger partial charge >= 0.3 is 0 Å². The summed E-state index contributed by atoms with van der Waals surface area (Å²) in [6.45, 7) is 1.41. The van der Waals surface area contributed by atoms with Crippen LogP contribution in [0.25, 0.3) is 0 Å². The third kappa shape index (κ3) is 4.77. The van der Waals surface area contributed by atoms with Crippen molar-refractivity contribution in [3.05, 3.63) is 95.0 Å². The third-order valence-electron chi connectivity index (χ3n) is 3.78. The van der Waals surface area contributed by atoms with Crippen LogP contribution in [0.15, 0.2) is 78.9 Å². The van der Waals surface area contributed by atoms with E-state index in [4.69, 9.17) is 16.3 Å². The molecule has 0 unspecified atom stereocenters. The van der Waals surface area contributed by atoms with Gasteiger partial charge in [0, 0.05) is 13.0 Å². The maximum absolute atomic E-state index is 6.14. The smallest absolute Gasteiger partial charge is 0.119 e. The largest absolute Gasteiger partial charge is 0.493 e. The summed E-state index contributed by atoms with van der Waals surface area (Å²) in [6.07, 6.45) is 0.913. The molecule has 0 aliphatic rings. The summed E-state index contributed by atoms with van der Waals surface area (Å²) in [5, 5.41) is 4.08. The second-order valence-corrected chi connectivity index (χ2v) is 5.97. The zero-order valence-corrected chi connectivity index (χ0v) is 14.2. The lowest BCUT2D eigenvalue weighted by atomic mass is 10.2. The quantitative estimate of drug-likeness (QED) is 0.608. The van der Waals surface area contributed by atoms with Crippen LogP contribution in [0.1, 0.15) is 11.1 Å². The van der Waals surface area contributed by atoms with Gasteiger partial charge in [0.15, 0.2) is 0 Å². The first kappa shape index (κ1) is 16.4. The summed E-state index contributed by atoms with van der Waals surface area (Å²) in [5.74, 6) is 0.896. The Morgan fingerprint density at radius 2 is 1.46 bits per heavy atom. The van der Waals surface area contributed by atoms with E-state index in [1.54, 1.807) is 0 Å². The van der Waals surface area contributed by atoms with E-state index in [0.29, 0.717) is 6.61 Å². The number of hydrogen-bond acceptors (Lipinski definition) is 2. The van der Waals surface area contributed by atoms with Crippen LogP contribution in [0.2, 0.25) is 5.02 Å². The molecule has 0 saturated carbocycles. The molecule has 0 fully saturated rings. The zero-order chi connectivity index (χ0) is 16.6. The molecule has 0 aliphatic heterocycles. The molecule has 24 heavy (non-hydrogen) atoms. The Labute approximate surface area is 148 Å². The topological polar surface area (TPSA) is 21.3 Å². The maximum Gasteiger partial charge on any atom is 0.119 e. The Morgan fingerprint density at radius 1 is 0.750 bits per heavy atom. The van der Waals surface area contributed by atoms with Gasteiger partial charge in [-0.25, -0.2) is 0 Å². The van der Waals surface area contributed by atoms with Crippen LogP contribution < -0.4 is 10.1 Å². The summed E-state index contributed by atoms with van der Waals surface area (Å²) >= 11 is 6.14. The minimum Gasteiger partial charge on any atom is -0.493 e. The monoisotopic (exact) mass is 337 g/mol. The highest BCUT2D eigenvalue weighted by molar-refractivity contribution is 6.33. The number of anilines is 1. The van der Waals surface area contributed by atoms with Gasteiger partial charge in [0.25, 0.3) is 0 Å². The Bertz CT molecular complexity index is 756. The van der Waals surface area contributed by atoms with E-state index < -0.39 is 0 Å². The molecular weight excluding hydrogens is 318 g/mol. The van der Waals surface area contributed by atoms with Crippen LogP contribution in [0.5, 0.6) is 5.75 Å². The van der Waals surface area contributed by atoms with Gasteiger partial charge < -0.3 is 10.1 Å². The number of para-hydroxylation sites is 1. The first-order valence-electron chi connectivity index (χ1n) is 8.05. The molecule has 0 heterocycles. The number of ether oxygens (including phenoxy) is 1. The predicted molar refractivity (Wildman–Crippen MR) is 101 cm³/mol. The Hall–Kier alpha value is -2.45. The van der Waals surface area contributed by atoms with Crippen LogP contribution in [-0.4, -0.2) is 6.61 Å². The minimum absolute atomic E-state index is 0.682. The highest BCUT2D eigenvalue weighted by atomic mass is 35.5. The van der Waals surface area contributed by atoms with E-state index in [1.165, 1.54) is 11.1 Å². The van der Waals surface area contributed by atoms with E-state index in [2.05, 4.69) is 41.7 Å². The van der Waals surface area contributed by atoms with Crippen LogP contribution in [-0.2, 0) is 13.0 Å². The Morgan fingerprint density at radius 3 is 2.21 bits per heavy atom. The van der Waals surface area contributed by atoms with Crippen molar-refractivity contribution < 1.29 is 4.74 Å². The van der Waals surface area contributed by atoms with Crippen LogP contribution >= 0.6 is 11.6 Å². The molecule has 3 heteroatoms. The molecule has 3 aromatic rings. The van der Waals surface area contributed by atoms with Gasteiger partial charge in [-0.3, -0.25) is 0 Å². The maximum atomic E-state index is 6.14. The molecule has 0 radical (unpaired) electrons. The molecule has 0 saturated heterocycles. The molecule has 0 aromatic heterocycles. The van der Waals surface area contributed by atoms with Crippen molar-refractivity contribution in [2.75, 3.05) is 11.9 Å². The number of rotatable bonds is 7. The van der Waals surface area contributed by atoms with Gasteiger partial charge in [0.2, 0.25) is 0 Å². The standard InChI is InChI=1S/C21H20ClNO/c22-20-8-4-5-9-21(20)23-16-18-10-12-19(13-11-18)24-15-14-17-6-2-1-3-7-17/h1-13,23H,14-16H2. The highest BCUT2D eigenvalue weighted by Gasteiger charge is 2.00. The molecule has 1 N–H and O–H groups in total. The second kappa shape index (κ2) is 8.42. The molecule has 3 rings (SSSR count). The molecule has 122 valence electrons. The fourth-order valence-corrected chi connectivity index (χ4v) is 2.64. The summed E-state index contributed by atoms with van der Waals surface area (Å²) in [6, 6.07) is 26.3. The SMILES string of the molecule is Clc1ccccc1NCc1ccc(OCCc2ccccc2)cc1. The summed E-state index contributed by atoms with van der Waals surface area (Å²) < 4.78 is 5.81. The lowest BCUT2D eigenvalue weighted by Crippen LogP contribution is -2.02. The van der Waals surface area contributed by atoms with Crippen molar-refractivity contribution in [2.45, 2.75) is 13.0 Å². The molecule has 0 aliphatic carbocycles. The van der Waals surface area contributed by atoms with Gasteiger partial charge in [0.05, 0.1) is 17.3 Å². The average molecular weight is 338 g/mol. The Kier molecular flexibility index (Phi) is 5.75. The van der Waals surface area contributed by atoms with Crippen molar-refractivity contribution in [3.63, 3.8) is 0 Å². The molecular formula is C21H20ClNO. The van der Waals surface area contributed by atoms with Crippen molar-refractivity contribution in [1.82, 2.24) is 0 Å². The van der Waals surface area contributed by atoms with Crippen LogP contribution in [0, 0.1) is 0 Å². The number of nitrogens with one attached hydrogen (secondary N) is 1. The van der Waals surface area contributed by atoms with Gasteiger partial charge in [-0.15, -0.1) is 0 Å². The molecule has 0 amide bonds. The summed E-state index contributed by atoms with van der Waals surface area (Å²) in [7, 11) is 0. The van der Waals surface area contributed by atoms with Gasteiger partial charge in [0.1, 0.15) is 5.75 Å². The first-order chi connectivity index (χ1) is 11.8. The number of hydrogen-bond donors (Lipinski definition) is 1. The minimum atomic E-state index is 0.682. The van der Waals surface area contributed by atoms with E-state index in [9.17, 15) is 0 Å². The third-order valence-corrected chi connectivity index (χ3v) is 4.11. The van der Waals surface area contributed by atoms with Gasteiger partial charge in [-0.1, -0.05) is 66.2 Å². The van der Waals surface area contributed by atoms with Gasteiger partial charge in [-0.2, -0.15) is 0 Å². The summed E-state index contributed by atoms with van der Waals surface area (Å²) in [5.41, 5.74) is 3.42. The predicted octanol–water partition coefficient (Wildman–Crippen LogP) is 5.57. The summed E-state index contributed by atoms with van der Waals surface area (Å²) in [4.78, 5) is 0. The fraction of sp³-hybridized carbons (Fsp3) is 0.143. The van der Waals surface area contributed by atoms with E-state index in [0.717, 1.165) is 29.4 Å². The lowest BCUT2D eigenvalue weighted by molar-refractivity contribution is 0.322. The van der Waals surface area contributed by atoms with Crippen molar-refractivity contribution in [1.29, 1.82) is 0 Å². The number of benzene rings is 3. The fourth-order valence-electron chi connectivity index (χ4n) is 2.44. The van der Waals surface area contributed by atoms with E-state index in [-0.39, 0.29) is 0 Å². The number of halogens is 1. The second-order valence-electron chi connectivity index (χ2n) is 5.56. The molecule has 0 atom stereocenters. The van der Waals surface area contributed by atoms with Crippen LogP contribution in [0.3, 0.4) is 0 Å². The van der Waals surface area contributed by atoms with E-state index >= 15 is 0 Å². The average Bonchev–Trinajstić information content (AvgIpc) is 2.63. The van der Waals surface area contributed by atoms with Crippen molar-refractivity contribution in [2.24, 2.45) is 0 Å². The molecule has 0 spiro atoms. The normalized spacial score (nSPS) is 10.4. The first-order valence-corrected chi connectivity index (χ1v) is 8.43. The van der Waals surface area contributed by atoms with Crippen molar-refractivity contribution >= 4 is 17.3 Å². The lowest BCUT2D eigenvalue weighted by Gasteiger charge is -2.10. The van der Waals surface area contributed by atoms with Crippen LogP contribution in [0.4, 0.5) is 5.69 Å². The Balaban J connectivity index is 1.47. The van der Waals surface area contributed by atoms with Crippen molar-refractivity contribution in [3.8, 4) is 5.75 Å². The highest BCUT2D eigenvalue weighted by Crippen LogP contribution is 2.21. The molecule has 3 aromatic carbocycles.